The molecule has 0 aliphatic rings. The first-order valence-electron chi connectivity index (χ1n) is 3.06. The van der Waals surface area contributed by atoms with Crippen LogP contribution in [-0.2, 0) is 34.1 Å². The van der Waals surface area contributed by atoms with Crippen molar-refractivity contribution in [3.63, 3.8) is 0 Å². The Morgan fingerprint density at radius 2 is 0.944 bits per heavy atom. The van der Waals surface area contributed by atoms with Crippen molar-refractivity contribution >= 4 is 53.2 Å². The molecule has 0 fully saturated rings. The highest BCUT2D eigenvalue weighted by molar-refractivity contribution is 8.59. The molecule has 18 heavy (non-hydrogen) atoms. The maximum absolute atomic E-state index is 10.4. The lowest BCUT2D eigenvalue weighted by Gasteiger charge is -2.11. The molecule has 0 atom stereocenters. The number of thiol groups is 1. The molecule has 0 heterocycles. The molecule has 7 N–H and O–H groups in total. The van der Waals surface area contributed by atoms with Crippen molar-refractivity contribution in [2.45, 2.75) is 0 Å². The summed E-state index contributed by atoms with van der Waals surface area (Å²) in [7, 11) is -16.2. The van der Waals surface area contributed by atoms with E-state index in [9.17, 15) is 13.7 Å². The van der Waals surface area contributed by atoms with Crippen molar-refractivity contribution in [2.24, 2.45) is 0 Å². The van der Waals surface area contributed by atoms with Crippen molar-refractivity contribution in [2.75, 3.05) is 0 Å². The number of rotatable bonds is 4. The summed E-state index contributed by atoms with van der Waals surface area (Å²) in [5, 5.41) is 0. The van der Waals surface area contributed by atoms with Crippen molar-refractivity contribution in [1.82, 2.24) is 0 Å². The first-order chi connectivity index (χ1) is 7.41. The predicted octanol–water partition coefficient (Wildman–Crippen LogP) is -0.569. The molecular weight excluding hydrogens is 380 g/mol. The minimum absolute atomic E-state index is 3.06. The Bertz CT molecular complexity index is 397. The van der Waals surface area contributed by atoms with E-state index in [2.05, 4.69) is 32.7 Å². The molecule has 0 bridgehead atoms. The van der Waals surface area contributed by atoms with Crippen LogP contribution < -0.4 is 0 Å². The molecular formula is H8O12P4S2. The molecule has 112 valence electrons. The van der Waals surface area contributed by atoms with Crippen LogP contribution in [0.3, 0.4) is 0 Å². The first-order valence-corrected chi connectivity index (χ1v) is 11.5. The van der Waals surface area contributed by atoms with Gasteiger partial charge in [0.05, 0.1) is 0 Å². The molecule has 0 aromatic carbocycles. The highest BCUT2D eigenvalue weighted by atomic mass is 32.9. The minimum atomic E-state index is -5.46. The monoisotopic (exact) mass is 388 g/mol. The molecule has 0 aliphatic carbocycles. The van der Waals surface area contributed by atoms with Gasteiger partial charge in [-0.1, -0.05) is 12.2 Å². The Kier molecular flexibility index (Phi) is 8.85. The van der Waals surface area contributed by atoms with E-state index in [1.54, 1.807) is 0 Å². The van der Waals surface area contributed by atoms with Gasteiger partial charge in [-0.15, -0.1) is 0 Å². The van der Waals surface area contributed by atoms with Gasteiger partial charge in [-0.05, 0) is 11.8 Å². The zero-order valence-electron chi connectivity index (χ0n) is 7.82. The summed E-state index contributed by atoms with van der Waals surface area (Å²) < 4.78 is 36.4. The number of hydrogen-bond acceptors (Lipinski definition) is 6. The molecule has 0 unspecified atom stereocenters. The summed E-state index contributed by atoms with van der Waals surface area (Å²) >= 11 is 7.07. The highest BCUT2D eigenvalue weighted by Gasteiger charge is 2.38. The van der Waals surface area contributed by atoms with Gasteiger partial charge < -0.3 is 34.3 Å². The van der Waals surface area contributed by atoms with Gasteiger partial charge in [0, 0.05) is 0 Å². The normalized spacial score (nSPS) is 13.8. The number of hydrogen-bond donors (Lipinski definition) is 8. The second-order valence-corrected chi connectivity index (χ2v) is 11.4. The van der Waals surface area contributed by atoms with Gasteiger partial charge in [-0.25, -0.2) is 13.7 Å². The quantitative estimate of drug-likeness (QED) is 0.224. The van der Waals surface area contributed by atoms with Crippen LogP contribution in [0.1, 0.15) is 0 Å². The van der Waals surface area contributed by atoms with Crippen molar-refractivity contribution in [3.05, 3.63) is 0 Å². The highest BCUT2D eigenvalue weighted by Crippen LogP contribution is 2.64. The molecule has 12 nitrogen and oxygen atoms in total. The van der Waals surface area contributed by atoms with Gasteiger partial charge >= 0.3 is 23.5 Å². The van der Waals surface area contributed by atoms with Crippen LogP contribution in [-0.4, -0.2) is 34.3 Å². The Balaban J connectivity index is 0. The molecule has 0 spiro atoms. The summed E-state index contributed by atoms with van der Waals surface area (Å²) in [5.74, 6) is 0. The van der Waals surface area contributed by atoms with E-state index in [0.717, 1.165) is 0 Å². The standard InChI is InChI=1S/H5O10P3.H3O2PS2/c1-11(2,3)9-13(7,8)10-12(4,5)6;1-3(2,4)5/h(H,7,8)(H2,1,2,3)(H2,4,5,6);(H3,1,2,4,5). The van der Waals surface area contributed by atoms with E-state index in [-0.39, 0.29) is 0 Å². The lowest BCUT2D eigenvalue weighted by molar-refractivity contribution is 0.204. The van der Waals surface area contributed by atoms with Crippen LogP contribution in [0.4, 0.5) is 0 Å². The SMILES string of the molecule is O=P(O)(O)OP(=O)(O)OP(=O)(O)O.OP(O)(=S)S. The summed E-state index contributed by atoms with van der Waals surface area (Å²) in [6, 6.07) is 0. The van der Waals surface area contributed by atoms with Crippen molar-refractivity contribution in [3.8, 4) is 0 Å². The van der Waals surface area contributed by atoms with Crippen molar-refractivity contribution < 1.29 is 56.6 Å². The van der Waals surface area contributed by atoms with Gasteiger partial charge in [0.1, 0.15) is 0 Å². The molecule has 0 saturated heterocycles. The average Bonchev–Trinajstić information content (AvgIpc) is 1.64. The van der Waals surface area contributed by atoms with Crippen LogP contribution in [0.2, 0.25) is 0 Å². The summed E-state index contributed by atoms with van der Waals surface area (Å²) in [6.45, 7) is 0. The zero-order chi connectivity index (χ0) is 15.4. The van der Waals surface area contributed by atoms with E-state index in [1.165, 1.54) is 0 Å². The van der Waals surface area contributed by atoms with E-state index < -0.39 is 29.2 Å². The Hall–Kier alpha value is 1.33. The third-order valence-corrected chi connectivity index (χ3v) is 3.77. The molecule has 18 heteroatoms. The van der Waals surface area contributed by atoms with E-state index >= 15 is 0 Å². The topological polar surface area (TPSA) is 211 Å². The van der Waals surface area contributed by atoms with Crippen molar-refractivity contribution in [1.29, 1.82) is 0 Å². The largest absolute Gasteiger partial charge is 0.490 e. The summed E-state index contributed by atoms with van der Waals surface area (Å²) in [6.07, 6.45) is 0. The lowest BCUT2D eigenvalue weighted by atomic mass is 15.7. The molecule has 0 aromatic heterocycles. The van der Waals surface area contributed by atoms with E-state index in [4.69, 9.17) is 34.3 Å². The zero-order valence-corrected chi connectivity index (χ0v) is 13.1. The van der Waals surface area contributed by atoms with Crippen LogP contribution in [0.25, 0.3) is 0 Å². The third kappa shape index (κ3) is 26.0. The molecule has 0 amide bonds. The van der Waals surface area contributed by atoms with Gasteiger partial charge in [0.15, 0.2) is 0 Å². The van der Waals surface area contributed by atoms with Crippen LogP contribution in [0.15, 0.2) is 0 Å². The third-order valence-electron chi connectivity index (χ3n) is 0.419. The first kappa shape index (κ1) is 21.6. The molecule has 0 radical (unpaired) electrons. The fourth-order valence-corrected chi connectivity index (χ4v) is 2.82. The fraction of sp³-hybridized carbons (Fsp3) is 0. The molecule has 0 aliphatic heterocycles. The van der Waals surface area contributed by atoms with Crippen LogP contribution in [0.5, 0.6) is 0 Å². The molecule has 0 rings (SSSR count). The predicted molar refractivity (Wildman–Crippen MR) is 63.8 cm³/mol. The van der Waals surface area contributed by atoms with Gasteiger partial charge in [-0.2, -0.15) is 8.62 Å². The van der Waals surface area contributed by atoms with Gasteiger partial charge in [-0.3, -0.25) is 0 Å². The fourth-order valence-electron chi connectivity index (χ4n) is 0.284. The molecule has 0 saturated carbocycles. The second-order valence-electron chi connectivity index (χ2n) is 2.13. The molecule has 0 aromatic rings. The van der Waals surface area contributed by atoms with Crippen LogP contribution >= 0.6 is 41.4 Å². The average molecular weight is 388 g/mol. The smallest absolute Gasteiger partial charge is 0.338 e. The lowest BCUT2D eigenvalue weighted by Crippen LogP contribution is -1.91. The summed E-state index contributed by atoms with van der Waals surface area (Å²) in [4.78, 5) is 55.9. The maximum Gasteiger partial charge on any atom is 0.490 e. The Labute approximate surface area is 110 Å². The van der Waals surface area contributed by atoms with Gasteiger partial charge in [0.25, 0.3) is 0 Å². The summed E-state index contributed by atoms with van der Waals surface area (Å²) in [5.41, 5.74) is -3.11. The minimum Gasteiger partial charge on any atom is -0.338 e. The van der Waals surface area contributed by atoms with E-state index in [0.29, 0.717) is 0 Å². The van der Waals surface area contributed by atoms with E-state index in [1.807, 2.05) is 0 Å². The Morgan fingerprint density at radius 3 is 1.06 bits per heavy atom. The number of phosphoric acid groups is 3. The maximum atomic E-state index is 10.4. The van der Waals surface area contributed by atoms with Crippen LogP contribution in [0, 0.1) is 0 Å². The van der Waals surface area contributed by atoms with Gasteiger partial charge in [0.2, 0.25) is 5.69 Å². The second kappa shape index (κ2) is 7.37. The Morgan fingerprint density at radius 1 is 0.778 bits per heavy atom.